The number of fused-ring (bicyclic) bond motifs is 1. The molecule has 0 aliphatic rings. The van der Waals surface area contributed by atoms with Crippen LogP contribution >= 0.6 is 11.6 Å². The lowest BCUT2D eigenvalue weighted by Gasteiger charge is -2.08. The van der Waals surface area contributed by atoms with Crippen molar-refractivity contribution in [3.63, 3.8) is 0 Å². The second kappa shape index (κ2) is 5.46. The highest BCUT2D eigenvalue weighted by Gasteiger charge is 2.09. The van der Waals surface area contributed by atoms with E-state index in [0.29, 0.717) is 22.0 Å². The van der Waals surface area contributed by atoms with Gasteiger partial charge in [-0.2, -0.15) is 0 Å². The number of halogens is 1. The Morgan fingerprint density at radius 2 is 2.14 bits per heavy atom. The van der Waals surface area contributed by atoms with Crippen LogP contribution in [0.1, 0.15) is 10.4 Å². The van der Waals surface area contributed by atoms with E-state index in [1.807, 2.05) is 0 Å². The first-order valence-corrected chi connectivity index (χ1v) is 6.63. The summed E-state index contributed by atoms with van der Waals surface area (Å²) in [6.45, 7) is 0. The molecule has 0 bridgehead atoms. The molecule has 21 heavy (non-hydrogen) atoms. The van der Waals surface area contributed by atoms with Crippen LogP contribution in [-0.4, -0.2) is 23.0 Å². The second-order valence-electron chi connectivity index (χ2n) is 4.44. The SMILES string of the molecule is COc1ccc(NC(=O)c2ccc3nc[nH]c3c2)cc1Cl. The number of carbonyl (C=O) groups is 1. The molecule has 1 amide bonds. The van der Waals surface area contributed by atoms with Crippen molar-refractivity contribution in [2.45, 2.75) is 0 Å². The third kappa shape index (κ3) is 2.68. The molecule has 5 nitrogen and oxygen atoms in total. The third-order valence-electron chi connectivity index (χ3n) is 3.09. The smallest absolute Gasteiger partial charge is 0.255 e. The summed E-state index contributed by atoms with van der Waals surface area (Å²) < 4.78 is 5.07. The van der Waals surface area contributed by atoms with E-state index in [2.05, 4.69) is 15.3 Å². The van der Waals surface area contributed by atoms with Gasteiger partial charge in [-0.05, 0) is 36.4 Å². The van der Waals surface area contributed by atoms with E-state index >= 15 is 0 Å². The summed E-state index contributed by atoms with van der Waals surface area (Å²) in [5.41, 5.74) is 2.78. The van der Waals surface area contributed by atoms with Gasteiger partial charge in [0.1, 0.15) is 5.75 Å². The summed E-state index contributed by atoms with van der Waals surface area (Å²) in [6, 6.07) is 10.4. The number of nitrogens with zero attached hydrogens (tertiary/aromatic N) is 1. The first-order chi connectivity index (χ1) is 10.2. The lowest BCUT2D eigenvalue weighted by molar-refractivity contribution is 0.102. The molecule has 2 aromatic carbocycles. The molecule has 3 aromatic rings. The molecule has 2 N–H and O–H groups in total. The largest absolute Gasteiger partial charge is 0.495 e. The summed E-state index contributed by atoms with van der Waals surface area (Å²) in [4.78, 5) is 19.3. The van der Waals surface area contributed by atoms with Gasteiger partial charge in [0.2, 0.25) is 0 Å². The van der Waals surface area contributed by atoms with Crippen LogP contribution in [0.25, 0.3) is 11.0 Å². The molecule has 0 aliphatic carbocycles. The van der Waals surface area contributed by atoms with Gasteiger partial charge in [0.15, 0.2) is 0 Å². The predicted molar refractivity (Wildman–Crippen MR) is 82.1 cm³/mol. The third-order valence-corrected chi connectivity index (χ3v) is 3.39. The van der Waals surface area contributed by atoms with E-state index in [-0.39, 0.29) is 5.91 Å². The summed E-state index contributed by atoms with van der Waals surface area (Å²) in [7, 11) is 1.54. The Kier molecular flexibility index (Phi) is 3.50. The van der Waals surface area contributed by atoms with Crippen LogP contribution in [0, 0.1) is 0 Å². The number of aromatic amines is 1. The fraction of sp³-hybridized carbons (Fsp3) is 0.0667. The van der Waals surface area contributed by atoms with Gasteiger partial charge < -0.3 is 15.0 Å². The molecule has 1 heterocycles. The molecule has 3 rings (SSSR count). The van der Waals surface area contributed by atoms with Gasteiger partial charge in [-0.3, -0.25) is 4.79 Å². The monoisotopic (exact) mass is 301 g/mol. The zero-order chi connectivity index (χ0) is 14.8. The van der Waals surface area contributed by atoms with E-state index in [4.69, 9.17) is 16.3 Å². The van der Waals surface area contributed by atoms with E-state index in [1.54, 1.807) is 49.8 Å². The van der Waals surface area contributed by atoms with Crippen molar-refractivity contribution < 1.29 is 9.53 Å². The molecule has 0 atom stereocenters. The maximum absolute atomic E-state index is 12.2. The number of nitrogens with one attached hydrogen (secondary N) is 2. The topological polar surface area (TPSA) is 67.0 Å². The summed E-state index contributed by atoms with van der Waals surface area (Å²) in [5, 5.41) is 3.24. The van der Waals surface area contributed by atoms with Crippen LogP contribution in [0.2, 0.25) is 5.02 Å². The molecule has 6 heteroatoms. The predicted octanol–water partition coefficient (Wildman–Crippen LogP) is 3.48. The lowest BCUT2D eigenvalue weighted by atomic mass is 10.2. The summed E-state index contributed by atoms with van der Waals surface area (Å²) >= 11 is 6.03. The fourth-order valence-electron chi connectivity index (χ4n) is 2.02. The number of ether oxygens (including phenoxy) is 1. The normalized spacial score (nSPS) is 10.6. The van der Waals surface area contributed by atoms with Crippen LogP contribution in [0.3, 0.4) is 0 Å². The van der Waals surface area contributed by atoms with Crippen LogP contribution in [0.4, 0.5) is 5.69 Å². The minimum atomic E-state index is -0.215. The quantitative estimate of drug-likeness (QED) is 0.778. The number of amides is 1. The number of imidazole rings is 1. The fourth-order valence-corrected chi connectivity index (χ4v) is 2.28. The van der Waals surface area contributed by atoms with E-state index in [9.17, 15) is 4.79 Å². The zero-order valence-corrected chi connectivity index (χ0v) is 11.9. The number of carbonyl (C=O) groups excluding carboxylic acids is 1. The Bertz CT molecular complexity index is 814. The number of rotatable bonds is 3. The zero-order valence-electron chi connectivity index (χ0n) is 11.2. The molecular weight excluding hydrogens is 290 g/mol. The second-order valence-corrected chi connectivity index (χ2v) is 4.85. The van der Waals surface area contributed by atoms with Crippen molar-refractivity contribution in [3.05, 3.63) is 53.3 Å². The van der Waals surface area contributed by atoms with Crippen molar-refractivity contribution in [1.29, 1.82) is 0 Å². The van der Waals surface area contributed by atoms with Crippen molar-refractivity contribution in [1.82, 2.24) is 9.97 Å². The molecular formula is C15H12ClN3O2. The van der Waals surface area contributed by atoms with Crippen LogP contribution in [0.15, 0.2) is 42.7 Å². The molecule has 0 radical (unpaired) electrons. The van der Waals surface area contributed by atoms with E-state index in [0.717, 1.165) is 11.0 Å². The number of hydrogen-bond acceptors (Lipinski definition) is 3. The van der Waals surface area contributed by atoms with Crippen LogP contribution < -0.4 is 10.1 Å². The van der Waals surface area contributed by atoms with Gasteiger partial charge in [0.05, 0.1) is 29.5 Å². The number of aromatic nitrogens is 2. The number of H-pyrrole nitrogens is 1. The van der Waals surface area contributed by atoms with Crippen molar-refractivity contribution in [2.24, 2.45) is 0 Å². The molecule has 0 saturated heterocycles. The van der Waals surface area contributed by atoms with Gasteiger partial charge in [-0.1, -0.05) is 11.6 Å². The molecule has 0 saturated carbocycles. The molecule has 0 spiro atoms. The molecule has 0 fully saturated rings. The van der Waals surface area contributed by atoms with Crippen molar-refractivity contribution in [2.75, 3.05) is 12.4 Å². The highest BCUT2D eigenvalue weighted by Crippen LogP contribution is 2.27. The minimum Gasteiger partial charge on any atom is -0.495 e. The first kappa shape index (κ1) is 13.5. The highest BCUT2D eigenvalue weighted by molar-refractivity contribution is 6.32. The standard InChI is InChI=1S/C15H12ClN3O2/c1-21-14-5-3-10(7-11(14)16)19-15(20)9-2-4-12-13(6-9)18-8-17-12/h2-8H,1H3,(H,17,18)(H,19,20). The Morgan fingerprint density at radius 1 is 1.29 bits per heavy atom. The Morgan fingerprint density at radius 3 is 2.90 bits per heavy atom. The van der Waals surface area contributed by atoms with Crippen LogP contribution in [-0.2, 0) is 0 Å². The molecule has 1 aromatic heterocycles. The lowest BCUT2D eigenvalue weighted by Crippen LogP contribution is -2.11. The number of anilines is 1. The average molecular weight is 302 g/mol. The van der Waals surface area contributed by atoms with Gasteiger partial charge in [-0.25, -0.2) is 4.98 Å². The molecule has 106 valence electrons. The van der Waals surface area contributed by atoms with Crippen molar-refractivity contribution >= 4 is 34.2 Å². The van der Waals surface area contributed by atoms with E-state index < -0.39 is 0 Å². The van der Waals surface area contributed by atoms with E-state index in [1.165, 1.54) is 0 Å². The summed E-state index contributed by atoms with van der Waals surface area (Å²) in [6.07, 6.45) is 1.59. The average Bonchev–Trinajstić information content (AvgIpc) is 2.94. The number of methoxy groups -OCH3 is 1. The summed E-state index contributed by atoms with van der Waals surface area (Å²) in [5.74, 6) is 0.348. The minimum absolute atomic E-state index is 0.215. The van der Waals surface area contributed by atoms with Crippen molar-refractivity contribution in [3.8, 4) is 5.75 Å². The van der Waals surface area contributed by atoms with Gasteiger partial charge in [-0.15, -0.1) is 0 Å². The molecule has 0 aliphatic heterocycles. The van der Waals surface area contributed by atoms with Gasteiger partial charge in [0, 0.05) is 11.3 Å². The Labute approximate surface area is 125 Å². The Balaban J connectivity index is 1.83. The maximum Gasteiger partial charge on any atom is 0.255 e. The van der Waals surface area contributed by atoms with Gasteiger partial charge in [0.25, 0.3) is 5.91 Å². The number of hydrogen-bond donors (Lipinski definition) is 2. The molecule has 0 unspecified atom stereocenters. The van der Waals surface area contributed by atoms with Gasteiger partial charge >= 0.3 is 0 Å². The number of benzene rings is 2. The highest BCUT2D eigenvalue weighted by atomic mass is 35.5. The maximum atomic E-state index is 12.2. The first-order valence-electron chi connectivity index (χ1n) is 6.25. The van der Waals surface area contributed by atoms with Crippen LogP contribution in [0.5, 0.6) is 5.75 Å². The Hall–Kier alpha value is -2.53.